The normalized spacial score (nSPS) is 13.5. The molecule has 1 aliphatic rings. The summed E-state index contributed by atoms with van der Waals surface area (Å²) in [5, 5.41) is 5.06. The van der Waals surface area contributed by atoms with Crippen LogP contribution < -0.4 is 4.74 Å². The van der Waals surface area contributed by atoms with Crippen molar-refractivity contribution in [2.75, 3.05) is 6.61 Å². The lowest BCUT2D eigenvalue weighted by molar-refractivity contribution is 0.352. The number of nitrogens with zero attached hydrogens (tertiary/aromatic N) is 2. The molecule has 0 N–H and O–H groups in total. The number of ether oxygens (including phenoxy) is 1. The summed E-state index contributed by atoms with van der Waals surface area (Å²) in [5.74, 6) is 0.990. The maximum absolute atomic E-state index is 6.12. The lowest BCUT2D eigenvalue weighted by Gasteiger charge is -2.10. The van der Waals surface area contributed by atoms with Gasteiger partial charge in [0.1, 0.15) is 5.75 Å². The lowest BCUT2D eigenvalue weighted by Crippen LogP contribution is -2.05. The minimum absolute atomic E-state index is 0.710. The van der Waals surface area contributed by atoms with Gasteiger partial charge >= 0.3 is 0 Å². The zero-order valence-electron chi connectivity index (χ0n) is 9.61. The van der Waals surface area contributed by atoms with E-state index in [-0.39, 0.29) is 0 Å². The molecule has 0 spiro atoms. The maximum Gasteiger partial charge on any atom is 0.127 e. The number of fused-ring (bicyclic) bond motifs is 1. The van der Waals surface area contributed by atoms with Crippen LogP contribution in [0.4, 0.5) is 0 Å². The van der Waals surface area contributed by atoms with Gasteiger partial charge in [0.05, 0.1) is 13.2 Å². The third kappa shape index (κ3) is 1.91. The van der Waals surface area contributed by atoms with Crippen LogP contribution in [0.1, 0.15) is 16.8 Å². The molecule has 0 radical (unpaired) electrons. The smallest absolute Gasteiger partial charge is 0.127 e. The average Bonchev–Trinajstić information content (AvgIpc) is 2.88. The first-order chi connectivity index (χ1) is 8.24. The molecule has 0 fully saturated rings. The van der Waals surface area contributed by atoms with Crippen molar-refractivity contribution in [3.05, 3.63) is 46.2 Å². The van der Waals surface area contributed by atoms with Crippen molar-refractivity contribution in [3.8, 4) is 5.75 Å². The van der Waals surface area contributed by atoms with Crippen molar-refractivity contribution >= 4 is 11.6 Å². The second-order valence-corrected chi connectivity index (χ2v) is 4.72. The fourth-order valence-corrected chi connectivity index (χ4v) is 2.45. The summed E-state index contributed by atoms with van der Waals surface area (Å²) < 4.78 is 7.63. The number of rotatable bonds is 2. The Labute approximate surface area is 105 Å². The summed E-state index contributed by atoms with van der Waals surface area (Å²) in [6.07, 6.45) is 2.75. The van der Waals surface area contributed by atoms with Crippen molar-refractivity contribution in [1.82, 2.24) is 9.78 Å². The monoisotopic (exact) mass is 248 g/mol. The van der Waals surface area contributed by atoms with Crippen LogP contribution in [0.5, 0.6) is 5.75 Å². The average molecular weight is 249 g/mol. The Morgan fingerprint density at radius 1 is 1.47 bits per heavy atom. The van der Waals surface area contributed by atoms with Crippen LogP contribution in [-0.4, -0.2) is 16.4 Å². The Morgan fingerprint density at radius 3 is 3.12 bits per heavy atom. The Kier molecular flexibility index (Phi) is 2.56. The molecule has 17 heavy (non-hydrogen) atoms. The van der Waals surface area contributed by atoms with Crippen molar-refractivity contribution < 1.29 is 4.74 Å². The molecule has 1 aromatic heterocycles. The molecule has 0 unspecified atom stereocenters. The van der Waals surface area contributed by atoms with Crippen LogP contribution >= 0.6 is 11.6 Å². The van der Waals surface area contributed by atoms with Crippen LogP contribution in [0.25, 0.3) is 0 Å². The quantitative estimate of drug-likeness (QED) is 0.817. The molecule has 0 amide bonds. The van der Waals surface area contributed by atoms with E-state index in [0.29, 0.717) is 6.54 Å². The van der Waals surface area contributed by atoms with E-state index in [1.54, 1.807) is 6.20 Å². The second kappa shape index (κ2) is 4.08. The second-order valence-electron chi connectivity index (χ2n) is 4.28. The molecule has 0 saturated heterocycles. The van der Waals surface area contributed by atoms with Crippen LogP contribution in [0.2, 0.25) is 5.02 Å². The summed E-state index contributed by atoms with van der Waals surface area (Å²) in [4.78, 5) is 0. The van der Waals surface area contributed by atoms with Crippen molar-refractivity contribution in [2.45, 2.75) is 19.9 Å². The van der Waals surface area contributed by atoms with Gasteiger partial charge in [-0.3, -0.25) is 4.68 Å². The van der Waals surface area contributed by atoms with E-state index in [0.717, 1.165) is 35.1 Å². The zero-order valence-corrected chi connectivity index (χ0v) is 10.4. The third-order valence-electron chi connectivity index (χ3n) is 3.07. The number of benzene rings is 1. The van der Waals surface area contributed by atoms with Crippen LogP contribution in [-0.2, 0) is 13.0 Å². The van der Waals surface area contributed by atoms with E-state index in [2.05, 4.69) is 5.10 Å². The van der Waals surface area contributed by atoms with Crippen molar-refractivity contribution in [1.29, 1.82) is 0 Å². The van der Waals surface area contributed by atoms with Gasteiger partial charge < -0.3 is 4.74 Å². The first kappa shape index (κ1) is 10.7. The highest BCUT2D eigenvalue weighted by atomic mass is 35.5. The molecule has 3 nitrogen and oxygen atoms in total. The molecule has 1 aromatic carbocycles. The maximum atomic E-state index is 6.12. The summed E-state index contributed by atoms with van der Waals surface area (Å²) in [5.41, 5.74) is 3.45. The van der Waals surface area contributed by atoms with E-state index in [1.165, 1.54) is 5.56 Å². The van der Waals surface area contributed by atoms with E-state index in [9.17, 15) is 0 Å². The molecule has 0 bridgehead atoms. The van der Waals surface area contributed by atoms with Crippen molar-refractivity contribution in [3.63, 3.8) is 0 Å². The van der Waals surface area contributed by atoms with Gasteiger partial charge in [0.25, 0.3) is 0 Å². The highest BCUT2D eigenvalue weighted by Gasteiger charge is 2.18. The number of aromatic nitrogens is 2. The molecule has 1 aliphatic heterocycles. The lowest BCUT2D eigenvalue weighted by atomic mass is 10.1. The standard InChI is InChI=1S/C13H13ClN2O/c1-9-2-4-15-16(9)8-11-7-12(14)6-10-3-5-17-13(10)11/h2,4,6-7H,3,5,8H2,1H3. The van der Waals surface area contributed by atoms with Crippen LogP contribution in [0.15, 0.2) is 24.4 Å². The van der Waals surface area contributed by atoms with Gasteiger partial charge in [-0.1, -0.05) is 11.6 Å². The highest BCUT2D eigenvalue weighted by Crippen LogP contribution is 2.33. The minimum Gasteiger partial charge on any atom is -0.493 e. The number of aryl methyl sites for hydroxylation is 1. The van der Waals surface area contributed by atoms with E-state index in [1.807, 2.05) is 29.8 Å². The van der Waals surface area contributed by atoms with E-state index in [4.69, 9.17) is 16.3 Å². The predicted molar refractivity (Wildman–Crippen MR) is 66.7 cm³/mol. The number of hydrogen-bond donors (Lipinski definition) is 0. The fourth-order valence-electron chi connectivity index (χ4n) is 2.19. The molecule has 2 aromatic rings. The largest absolute Gasteiger partial charge is 0.493 e. The Bertz CT molecular complexity index is 563. The van der Waals surface area contributed by atoms with Gasteiger partial charge in [-0.2, -0.15) is 5.10 Å². The summed E-state index contributed by atoms with van der Waals surface area (Å²) in [6.45, 7) is 3.50. The van der Waals surface area contributed by atoms with Gasteiger partial charge in [0, 0.05) is 28.9 Å². The molecule has 0 saturated carbocycles. The topological polar surface area (TPSA) is 27.1 Å². The van der Waals surface area contributed by atoms with Gasteiger partial charge in [-0.15, -0.1) is 0 Å². The van der Waals surface area contributed by atoms with Crippen LogP contribution in [0.3, 0.4) is 0 Å². The Morgan fingerprint density at radius 2 is 2.35 bits per heavy atom. The molecule has 4 heteroatoms. The van der Waals surface area contributed by atoms with Gasteiger partial charge in [0.15, 0.2) is 0 Å². The molecule has 0 atom stereocenters. The fraction of sp³-hybridized carbons (Fsp3) is 0.308. The van der Waals surface area contributed by atoms with Crippen LogP contribution in [0, 0.1) is 6.92 Å². The van der Waals surface area contributed by atoms with E-state index >= 15 is 0 Å². The summed E-state index contributed by atoms with van der Waals surface area (Å²) in [7, 11) is 0. The predicted octanol–water partition coefficient (Wildman–Crippen LogP) is 2.83. The van der Waals surface area contributed by atoms with Gasteiger partial charge in [-0.25, -0.2) is 0 Å². The SMILES string of the molecule is Cc1ccnn1Cc1cc(Cl)cc2c1OCC2. The Hall–Kier alpha value is -1.48. The first-order valence-corrected chi connectivity index (χ1v) is 6.04. The van der Waals surface area contributed by atoms with Crippen molar-refractivity contribution in [2.24, 2.45) is 0 Å². The first-order valence-electron chi connectivity index (χ1n) is 5.66. The van der Waals surface area contributed by atoms with E-state index < -0.39 is 0 Å². The molecule has 0 aliphatic carbocycles. The molecular weight excluding hydrogens is 236 g/mol. The third-order valence-corrected chi connectivity index (χ3v) is 3.29. The Balaban J connectivity index is 2.01. The van der Waals surface area contributed by atoms with Gasteiger partial charge in [-0.05, 0) is 30.7 Å². The minimum atomic E-state index is 0.710. The molecular formula is C13H13ClN2O. The molecule has 3 rings (SSSR count). The number of halogens is 1. The zero-order chi connectivity index (χ0) is 11.8. The highest BCUT2D eigenvalue weighted by molar-refractivity contribution is 6.30. The summed E-state index contributed by atoms with van der Waals surface area (Å²) >= 11 is 6.12. The summed E-state index contributed by atoms with van der Waals surface area (Å²) in [6, 6.07) is 5.95. The van der Waals surface area contributed by atoms with Gasteiger partial charge in [0.2, 0.25) is 0 Å². The number of hydrogen-bond acceptors (Lipinski definition) is 2. The molecule has 88 valence electrons. The molecule has 2 heterocycles.